The van der Waals surface area contributed by atoms with Crippen LogP contribution in [0.3, 0.4) is 0 Å². The number of hydrogen-bond acceptors (Lipinski definition) is 7. The SMILES string of the molecule is Cc1csc(Nc2cccc(Nc3ncccc3[N+](=O)[O-])c2)n1. The summed E-state index contributed by atoms with van der Waals surface area (Å²) in [6, 6.07) is 10.3. The van der Waals surface area contributed by atoms with Crippen LogP contribution in [0.15, 0.2) is 48.0 Å². The van der Waals surface area contributed by atoms with Gasteiger partial charge in [0.15, 0.2) is 5.13 Å². The average Bonchev–Trinajstić information content (AvgIpc) is 2.93. The van der Waals surface area contributed by atoms with Crippen LogP contribution in [0, 0.1) is 17.0 Å². The maximum Gasteiger partial charge on any atom is 0.311 e. The topological polar surface area (TPSA) is 93.0 Å². The summed E-state index contributed by atoms with van der Waals surface area (Å²) in [6.45, 7) is 1.93. The van der Waals surface area contributed by atoms with Gasteiger partial charge in [-0.3, -0.25) is 10.1 Å². The molecule has 0 unspecified atom stereocenters. The van der Waals surface area contributed by atoms with E-state index in [1.165, 1.54) is 29.7 Å². The van der Waals surface area contributed by atoms with Crippen molar-refractivity contribution < 1.29 is 4.92 Å². The summed E-state index contributed by atoms with van der Waals surface area (Å²) in [7, 11) is 0. The number of aromatic nitrogens is 2. The summed E-state index contributed by atoms with van der Waals surface area (Å²) in [6.07, 6.45) is 1.51. The highest BCUT2D eigenvalue weighted by Crippen LogP contribution is 2.27. The number of hydrogen-bond donors (Lipinski definition) is 2. The molecule has 23 heavy (non-hydrogen) atoms. The largest absolute Gasteiger partial charge is 0.334 e. The van der Waals surface area contributed by atoms with Crippen LogP contribution in [-0.2, 0) is 0 Å². The van der Waals surface area contributed by atoms with Crippen molar-refractivity contribution in [3.63, 3.8) is 0 Å². The van der Waals surface area contributed by atoms with E-state index in [1.807, 2.05) is 36.6 Å². The number of pyridine rings is 1. The molecule has 0 atom stereocenters. The van der Waals surface area contributed by atoms with Crippen LogP contribution >= 0.6 is 11.3 Å². The number of rotatable bonds is 5. The molecule has 0 aliphatic rings. The fourth-order valence-corrected chi connectivity index (χ4v) is 2.70. The number of thiazole rings is 1. The molecule has 116 valence electrons. The molecule has 1 aromatic carbocycles. The Hall–Kier alpha value is -3.00. The van der Waals surface area contributed by atoms with Gasteiger partial charge in [-0.25, -0.2) is 9.97 Å². The van der Waals surface area contributed by atoms with E-state index in [1.54, 1.807) is 0 Å². The second-order valence-electron chi connectivity index (χ2n) is 4.75. The fraction of sp³-hybridized carbons (Fsp3) is 0.0667. The lowest BCUT2D eigenvalue weighted by atomic mass is 10.2. The number of nitro groups is 1. The molecule has 0 bridgehead atoms. The number of aryl methyl sites for hydroxylation is 1. The van der Waals surface area contributed by atoms with Crippen LogP contribution in [0.2, 0.25) is 0 Å². The molecule has 8 heteroatoms. The molecule has 7 nitrogen and oxygen atoms in total. The minimum Gasteiger partial charge on any atom is -0.334 e. The number of nitrogens with zero attached hydrogens (tertiary/aromatic N) is 3. The van der Waals surface area contributed by atoms with Crippen LogP contribution in [0.5, 0.6) is 0 Å². The van der Waals surface area contributed by atoms with Crippen LogP contribution < -0.4 is 10.6 Å². The smallest absolute Gasteiger partial charge is 0.311 e. The third kappa shape index (κ3) is 3.61. The van der Waals surface area contributed by atoms with Crippen LogP contribution in [-0.4, -0.2) is 14.9 Å². The summed E-state index contributed by atoms with van der Waals surface area (Å²) in [5, 5.41) is 20.0. The van der Waals surface area contributed by atoms with Gasteiger partial charge in [0.25, 0.3) is 0 Å². The minimum atomic E-state index is -0.463. The molecule has 0 spiro atoms. The van der Waals surface area contributed by atoms with Gasteiger partial charge in [-0.1, -0.05) is 6.07 Å². The summed E-state index contributed by atoms with van der Waals surface area (Å²) < 4.78 is 0. The predicted octanol–water partition coefficient (Wildman–Crippen LogP) is 4.24. The quantitative estimate of drug-likeness (QED) is 0.538. The summed E-state index contributed by atoms with van der Waals surface area (Å²) in [5.74, 6) is 0.208. The molecular weight excluding hydrogens is 314 g/mol. The first-order valence-electron chi connectivity index (χ1n) is 6.77. The molecule has 3 aromatic rings. The lowest BCUT2D eigenvalue weighted by Crippen LogP contribution is -1.99. The molecule has 0 radical (unpaired) electrons. The first-order valence-corrected chi connectivity index (χ1v) is 7.65. The maximum atomic E-state index is 11.0. The van der Waals surface area contributed by atoms with Crippen molar-refractivity contribution in [2.45, 2.75) is 6.92 Å². The standard InChI is InChI=1S/C15H13N5O2S/c1-10-9-23-15(17-10)19-12-5-2-4-11(8-12)18-14-13(20(21)22)6-3-7-16-14/h2-9H,1H3,(H,16,18)(H,17,19). The lowest BCUT2D eigenvalue weighted by Gasteiger charge is -2.08. The van der Waals surface area contributed by atoms with Crippen molar-refractivity contribution >= 4 is 39.3 Å². The molecule has 0 amide bonds. The van der Waals surface area contributed by atoms with E-state index in [-0.39, 0.29) is 11.5 Å². The molecule has 2 N–H and O–H groups in total. The van der Waals surface area contributed by atoms with E-state index in [9.17, 15) is 10.1 Å². The molecule has 3 rings (SSSR count). The number of anilines is 4. The Bertz CT molecular complexity index is 849. The lowest BCUT2D eigenvalue weighted by molar-refractivity contribution is -0.384. The second kappa shape index (κ2) is 6.41. The highest BCUT2D eigenvalue weighted by molar-refractivity contribution is 7.13. The van der Waals surface area contributed by atoms with E-state index in [0.717, 1.165) is 16.5 Å². The van der Waals surface area contributed by atoms with Gasteiger partial charge in [0.1, 0.15) is 0 Å². The number of nitrogens with one attached hydrogen (secondary N) is 2. The van der Waals surface area contributed by atoms with Crippen molar-refractivity contribution in [3.05, 3.63) is 63.8 Å². The van der Waals surface area contributed by atoms with E-state index in [4.69, 9.17) is 0 Å². The zero-order chi connectivity index (χ0) is 16.2. The van der Waals surface area contributed by atoms with Gasteiger partial charge < -0.3 is 10.6 Å². The van der Waals surface area contributed by atoms with Crippen molar-refractivity contribution in [1.82, 2.24) is 9.97 Å². The molecular formula is C15H13N5O2S. The molecule has 0 aliphatic heterocycles. The summed E-state index contributed by atoms with van der Waals surface area (Å²) >= 11 is 1.52. The van der Waals surface area contributed by atoms with E-state index >= 15 is 0 Å². The van der Waals surface area contributed by atoms with Gasteiger partial charge in [0.2, 0.25) is 5.82 Å². The highest BCUT2D eigenvalue weighted by atomic mass is 32.1. The Labute approximate surface area is 136 Å². The number of benzene rings is 1. The normalized spacial score (nSPS) is 10.3. The monoisotopic (exact) mass is 327 g/mol. The average molecular weight is 327 g/mol. The first kappa shape index (κ1) is 14.9. The second-order valence-corrected chi connectivity index (χ2v) is 5.61. The summed E-state index contributed by atoms with van der Waals surface area (Å²) in [4.78, 5) is 18.9. The summed E-state index contributed by atoms with van der Waals surface area (Å²) in [5.41, 5.74) is 2.42. The fourth-order valence-electron chi connectivity index (χ4n) is 1.99. The van der Waals surface area contributed by atoms with Crippen molar-refractivity contribution in [1.29, 1.82) is 0 Å². The highest BCUT2D eigenvalue weighted by Gasteiger charge is 2.14. The van der Waals surface area contributed by atoms with Crippen molar-refractivity contribution in [2.75, 3.05) is 10.6 Å². The first-order chi connectivity index (χ1) is 11.1. The Kier molecular flexibility index (Phi) is 4.15. The molecule has 2 aromatic heterocycles. The van der Waals surface area contributed by atoms with Crippen molar-refractivity contribution in [3.8, 4) is 0 Å². The third-order valence-electron chi connectivity index (χ3n) is 2.98. The van der Waals surface area contributed by atoms with Crippen molar-refractivity contribution in [2.24, 2.45) is 0 Å². The predicted molar refractivity (Wildman–Crippen MR) is 90.7 cm³/mol. The molecule has 0 saturated heterocycles. The Balaban J connectivity index is 1.82. The molecule has 0 fully saturated rings. The van der Waals surface area contributed by atoms with Crippen LogP contribution in [0.1, 0.15) is 5.69 Å². The molecule has 2 heterocycles. The van der Waals surface area contributed by atoms with Gasteiger partial charge >= 0.3 is 5.69 Å². The Morgan fingerprint density at radius 2 is 1.96 bits per heavy atom. The minimum absolute atomic E-state index is 0.0681. The van der Waals surface area contributed by atoms with E-state index in [0.29, 0.717) is 5.69 Å². The zero-order valence-corrected chi connectivity index (χ0v) is 13.0. The van der Waals surface area contributed by atoms with Gasteiger partial charge in [-0.15, -0.1) is 11.3 Å². The van der Waals surface area contributed by atoms with Gasteiger partial charge in [0.05, 0.1) is 10.6 Å². The van der Waals surface area contributed by atoms with Crippen LogP contribution in [0.25, 0.3) is 0 Å². The van der Waals surface area contributed by atoms with E-state index in [2.05, 4.69) is 20.6 Å². The van der Waals surface area contributed by atoms with Gasteiger partial charge in [-0.2, -0.15) is 0 Å². The Morgan fingerprint density at radius 1 is 1.17 bits per heavy atom. The van der Waals surface area contributed by atoms with Gasteiger partial charge in [0, 0.05) is 29.0 Å². The third-order valence-corrected chi connectivity index (χ3v) is 3.85. The molecule has 0 aliphatic carbocycles. The Morgan fingerprint density at radius 3 is 2.65 bits per heavy atom. The van der Waals surface area contributed by atoms with Crippen LogP contribution in [0.4, 0.5) is 28.0 Å². The maximum absolute atomic E-state index is 11.0. The van der Waals surface area contributed by atoms with Gasteiger partial charge in [-0.05, 0) is 31.2 Å². The molecule has 0 saturated carbocycles. The van der Waals surface area contributed by atoms with E-state index < -0.39 is 4.92 Å². The zero-order valence-electron chi connectivity index (χ0n) is 12.2.